The Morgan fingerprint density at radius 1 is 1.67 bits per heavy atom. The summed E-state index contributed by atoms with van der Waals surface area (Å²) in [7, 11) is 1.79. The highest BCUT2D eigenvalue weighted by atomic mass is 16.2. The molecule has 0 radical (unpaired) electrons. The van der Waals surface area contributed by atoms with Gasteiger partial charge in [0.15, 0.2) is 0 Å². The molecule has 0 bridgehead atoms. The van der Waals surface area contributed by atoms with Gasteiger partial charge in [-0.25, -0.2) is 0 Å². The van der Waals surface area contributed by atoms with Crippen molar-refractivity contribution in [2.24, 2.45) is 5.73 Å². The van der Waals surface area contributed by atoms with E-state index >= 15 is 0 Å². The molecule has 68 valence electrons. The van der Waals surface area contributed by atoms with E-state index < -0.39 is 0 Å². The van der Waals surface area contributed by atoms with Crippen LogP contribution in [0, 0.1) is 0 Å². The Balaban J connectivity index is 2.51. The van der Waals surface area contributed by atoms with Crippen molar-refractivity contribution in [2.45, 2.75) is 12.5 Å². The highest BCUT2D eigenvalue weighted by Crippen LogP contribution is 2.07. The van der Waals surface area contributed by atoms with Crippen LogP contribution in [0.1, 0.15) is 6.42 Å². The largest absolute Gasteiger partial charge is 0.329 e. The smallest absolute Gasteiger partial charge is 0.244 e. The van der Waals surface area contributed by atoms with E-state index in [1.54, 1.807) is 11.9 Å². The van der Waals surface area contributed by atoms with Crippen LogP contribution in [0.15, 0.2) is 0 Å². The summed E-state index contributed by atoms with van der Waals surface area (Å²) in [5, 5.41) is 2.25. The van der Waals surface area contributed by atoms with E-state index in [9.17, 15) is 9.59 Å². The molecule has 5 nitrogen and oxygen atoms in total. The van der Waals surface area contributed by atoms with Crippen molar-refractivity contribution in [2.75, 3.05) is 20.1 Å². The van der Waals surface area contributed by atoms with Gasteiger partial charge in [-0.3, -0.25) is 19.8 Å². The van der Waals surface area contributed by atoms with E-state index in [1.807, 2.05) is 0 Å². The summed E-state index contributed by atoms with van der Waals surface area (Å²) in [6.07, 6.45) is 0.259. The lowest BCUT2D eigenvalue weighted by Crippen LogP contribution is -2.40. The highest BCUT2D eigenvalue weighted by molar-refractivity contribution is 6.05. The summed E-state index contributed by atoms with van der Waals surface area (Å²) in [6.45, 7) is 1.12. The van der Waals surface area contributed by atoms with Crippen LogP contribution < -0.4 is 11.1 Å². The van der Waals surface area contributed by atoms with E-state index in [4.69, 9.17) is 5.73 Å². The standard InChI is InChI=1S/C7H13N3O2/c1-10(3-2-8)5-4-6(11)9-7(5)12/h5H,2-4,8H2,1H3,(H,9,11,12). The van der Waals surface area contributed by atoms with Crippen LogP contribution in [-0.4, -0.2) is 42.9 Å². The summed E-state index contributed by atoms with van der Waals surface area (Å²) in [5.41, 5.74) is 5.32. The molecule has 0 spiro atoms. The third-order valence-corrected chi connectivity index (χ3v) is 1.96. The van der Waals surface area contributed by atoms with Gasteiger partial charge in [-0.2, -0.15) is 0 Å². The quantitative estimate of drug-likeness (QED) is 0.496. The minimum atomic E-state index is -0.318. The molecule has 2 amide bonds. The third kappa shape index (κ3) is 1.80. The molecule has 1 rings (SSSR count). The van der Waals surface area contributed by atoms with Gasteiger partial charge in [-0.1, -0.05) is 0 Å². The summed E-state index contributed by atoms with van der Waals surface area (Å²) in [5.74, 6) is -0.412. The minimum absolute atomic E-state index is 0.200. The Bertz CT molecular complexity index is 205. The van der Waals surface area contributed by atoms with Crippen molar-refractivity contribution in [1.29, 1.82) is 0 Å². The molecule has 0 aromatic rings. The second-order valence-electron chi connectivity index (χ2n) is 2.90. The molecule has 1 saturated heterocycles. The number of nitrogens with one attached hydrogen (secondary N) is 1. The Morgan fingerprint density at radius 3 is 2.75 bits per heavy atom. The van der Waals surface area contributed by atoms with Gasteiger partial charge < -0.3 is 5.73 Å². The van der Waals surface area contributed by atoms with Crippen molar-refractivity contribution < 1.29 is 9.59 Å². The van der Waals surface area contributed by atoms with Crippen LogP contribution >= 0.6 is 0 Å². The number of nitrogens with zero attached hydrogens (tertiary/aromatic N) is 1. The van der Waals surface area contributed by atoms with Crippen molar-refractivity contribution in [3.8, 4) is 0 Å². The second kappa shape index (κ2) is 3.64. The van der Waals surface area contributed by atoms with Gasteiger partial charge >= 0.3 is 0 Å². The monoisotopic (exact) mass is 171 g/mol. The van der Waals surface area contributed by atoms with Gasteiger partial charge in [0.2, 0.25) is 11.8 Å². The zero-order valence-electron chi connectivity index (χ0n) is 7.04. The molecule has 0 saturated carbocycles. The maximum absolute atomic E-state index is 11.1. The number of nitrogens with two attached hydrogens (primary N) is 1. The third-order valence-electron chi connectivity index (χ3n) is 1.96. The Morgan fingerprint density at radius 2 is 2.33 bits per heavy atom. The molecule has 1 aliphatic rings. The van der Waals surface area contributed by atoms with Gasteiger partial charge in [0.05, 0.1) is 12.5 Å². The molecule has 0 aliphatic carbocycles. The minimum Gasteiger partial charge on any atom is -0.329 e. The summed E-state index contributed by atoms with van der Waals surface area (Å²) < 4.78 is 0. The number of amides is 2. The van der Waals surface area contributed by atoms with Crippen LogP contribution in [0.2, 0.25) is 0 Å². The lowest BCUT2D eigenvalue weighted by molar-refractivity contribution is -0.126. The molecule has 12 heavy (non-hydrogen) atoms. The van der Waals surface area contributed by atoms with Crippen LogP contribution in [0.4, 0.5) is 0 Å². The molecule has 1 fully saturated rings. The van der Waals surface area contributed by atoms with E-state index in [0.29, 0.717) is 13.1 Å². The van der Waals surface area contributed by atoms with Crippen molar-refractivity contribution in [1.82, 2.24) is 10.2 Å². The average Bonchev–Trinajstić information content (AvgIpc) is 2.30. The first-order valence-electron chi connectivity index (χ1n) is 3.89. The zero-order valence-corrected chi connectivity index (χ0v) is 7.04. The van der Waals surface area contributed by atoms with Gasteiger partial charge in [-0.15, -0.1) is 0 Å². The van der Waals surface area contributed by atoms with Crippen molar-refractivity contribution in [3.05, 3.63) is 0 Å². The van der Waals surface area contributed by atoms with Crippen LogP contribution in [0.3, 0.4) is 0 Å². The predicted octanol–water partition coefficient (Wildman–Crippen LogP) is -1.71. The molecular formula is C7H13N3O2. The van der Waals surface area contributed by atoms with Crippen LogP contribution in [0.5, 0.6) is 0 Å². The molecule has 3 N–H and O–H groups in total. The highest BCUT2D eigenvalue weighted by Gasteiger charge is 2.32. The first kappa shape index (κ1) is 9.15. The van der Waals surface area contributed by atoms with E-state index in [1.165, 1.54) is 0 Å². The number of hydrogen-bond acceptors (Lipinski definition) is 4. The summed E-state index contributed by atoms with van der Waals surface area (Å²) in [4.78, 5) is 23.7. The topological polar surface area (TPSA) is 75.4 Å². The Hall–Kier alpha value is -0.940. The molecule has 0 aromatic carbocycles. The number of rotatable bonds is 3. The molecule has 5 heteroatoms. The molecule has 1 aliphatic heterocycles. The second-order valence-corrected chi connectivity index (χ2v) is 2.90. The predicted molar refractivity (Wildman–Crippen MR) is 43.2 cm³/mol. The lowest BCUT2D eigenvalue weighted by atomic mass is 10.2. The van der Waals surface area contributed by atoms with Gasteiger partial charge in [0.1, 0.15) is 0 Å². The van der Waals surface area contributed by atoms with Crippen molar-refractivity contribution in [3.63, 3.8) is 0 Å². The number of imide groups is 1. The fraction of sp³-hybridized carbons (Fsp3) is 0.714. The fourth-order valence-corrected chi connectivity index (χ4v) is 1.26. The molecule has 1 heterocycles. The van der Waals surface area contributed by atoms with E-state index in [-0.39, 0.29) is 24.3 Å². The first-order valence-corrected chi connectivity index (χ1v) is 3.89. The van der Waals surface area contributed by atoms with Gasteiger partial charge in [0.25, 0.3) is 0 Å². The first-order chi connectivity index (χ1) is 5.65. The number of carbonyl (C=O) groups excluding carboxylic acids is 2. The van der Waals surface area contributed by atoms with E-state index in [0.717, 1.165) is 0 Å². The normalized spacial score (nSPS) is 23.4. The SMILES string of the molecule is CN(CCN)C1CC(=O)NC1=O. The Kier molecular flexibility index (Phi) is 2.78. The fourth-order valence-electron chi connectivity index (χ4n) is 1.26. The molecular weight excluding hydrogens is 158 g/mol. The van der Waals surface area contributed by atoms with E-state index in [2.05, 4.69) is 5.32 Å². The van der Waals surface area contributed by atoms with Crippen LogP contribution in [0.25, 0.3) is 0 Å². The maximum Gasteiger partial charge on any atom is 0.244 e. The summed E-state index contributed by atoms with van der Waals surface area (Å²) >= 11 is 0. The summed E-state index contributed by atoms with van der Waals surface area (Å²) in [6, 6.07) is -0.318. The number of hydrogen-bond donors (Lipinski definition) is 2. The Labute approximate surface area is 70.9 Å². The van der Waals surface area contributed by atoms with Gasteiger partial charge in [0, 0.05) is 13.1 Å². The van der Waals surface area contributed by atoms with Gasteiger partial charge in [-0.05, 0) is 7.05 Å². The average molecular weight is 171 g/mol. The number of carbonyl (C=O) groups is 2. The van der Waals surface area contributed by atoms with Crippen molar-refractivity contribution >= 4 is 11.8 Å². The maximum atomic E-state index is 11.1. The van der Waals surface area contributed by atoms with Crippen LogP contribution in [-0.2, 0) is 9.59 Å². The lowest BCUT2D eigenvalue weighted by Gasteiger charge is -2.19. The molecule has 1 atom stereocenters. The zero-order chi connectivity index (χ0) is 9.14. The number of likely N-dealkylation sites (N-methyl/N-ethyl adjacent to an activating group) is 1. The molecule has 1 unspecified atom stereocenters. The molecule has 0 aromatic heterocycles.